The van der Waals surface area contributed by atoms with Gasteiger partial charge in [-0.1, -0.05) is 36.4 Å². The standard InChI is InChI=1S/C26H27N3O/c1-17-12-24-23(18(2)15-26(3,4)29(24)5)14-22(17)16-27-28-25(30)21-11-10-19-8-6-7-9-20(19)13-21/h6-16H,1-5H3,(H,28,30)/b27-16+. The molecule has 0 atom stereocenters. The van der Waals surface area contributed by atoms with Crippen molar-refractivity contribution in [2.24, 2.45) is 5.10 Å². The van der Waals surface area contributed by atoms with Gasteiger partial charge in [0.1, 0.15) is 0 Å². The summed E-state index contributed by atoms with van der Waals surface area (Å²) in [4.78, 5) is 14.8. The molecule has 0 saturated carbocycles. The molecule has 0 unspecified atom stereocenters. The van der Waals surface area contributed by atoms with Gasteiger partial charge in [0.05, 0.1) is 11.8 Å². The number of hydrogen-bond donors (Lipinski definition) is 1. The lowest BCUT2D eigenvalue weighted by Crippen LogP contribution is -2.42. The number of carbonyl (C=O) groups is 1. The first kappa shape index (κ1) is 19.9. The molecule has 0 radical (unpaired) electrons. The molecule has 30 heavy (non-hydrogen) atoms. The van der Waals surface area contributed by atoms with Crippen molar-refractivity contribution in [3.8, 4) is 0 Å². The lowest BCUT2D eigenvalue weighted by molar-refractivity contribution is 0.0955. The maximum absolute atomic E-state index is 12.5. The van der Waals surface area contributed by atoms with E-state index >= 15 is 0 Å². The van der Waals surface area contributed by atoms with Crippen LogP contribution in [0, 0.1) is 6.92 Å². The van der Waals surface area contributed by atoms with Crippen LogP contribution in [-0.2, 0) is 0 Å². The normalized spacial score (nSPS) is 15.2. The summed E-state index contributed by atoms with van der Waals surface area (Å²) in [5, 5.41) is 6.37. The van der Waals surface area contributed by atoms with Gasteiger partial charge in [-0.25, -0.2) is 5.43 Å². The SMILES string of the molecule is CC1=CC(C)(C)N(C)c2cc(C)c(/C=N/NC(=O)c3ccc4ccccc4c3)cc21. The van der Waals surface area contributed by atoms with Gasteiger partial charge < -0.3 is 4.90 Å². The molecule has 0 aliphatic carbocycles. The molecule has 0 aromatic heterocycles. The molecule has 1 N–H and O–H groups in total. The summed E-state index contributed by atoms with van der Waals surface area (Å²) in [5.41, 5.74) is 9.01. The monoisotopic (exact) mass is 397 g/mol. The van der Waals surface area contributed by atoms with Crippen LogP contribution < -0.4 is 10.3 Å². The van der Waals surface area contributed by atoms with Crippen LogP contribution in [0.2, 0.25) is 0 Å². The van der Waals surface area contributed by atoms with E-state index in [9.17, 15) is 4.79 Å². The summed E-state index contributed by atoms with van der Waals surface area (Å²) in [5.74, 6) is -0.217. The predicted octanol–water partition coefficient (Wildman–Crippen LogP) is 5.54. The third kappa shape index (κ3) is 3.61. The molecule has 152 valence electrons. The topological polar surface area (TPSA) is 44.7 Å². The van der Waals surface area contributed by atoms with Crippen LogP contribution in [0.15, 0.2) is 65.8 Å². The minimum absolute atomic E-state index is 0.0209. The molecular weight excluding hydrogens is 370 g/mol. The van der Waals surface area contributed by atoms with E-state index in [-0.39, 0.29) is 11.4 Å². The molecule has 1 heterocycles. The van der Waals surface area contributed by atoms with Crippen molar-refractivity contribution in [2.45, 2.75) is 33.2 Å². The number of amides is 1. The van der Waals surface area contributed by atoms with Gasteiger partial charge in [0, 0.05) is 23.9 Å². The maximum Gasteiger partial charge on any atom is 0.271 e. The maximum atomic E-state index is 12.5. The highest BCUT2D eigenvalue weighted by atomic mass is 16.2. The first-order valence-electron chi connectivity index (χ1n) is 10.2. The number of anilines is 1. The summed E-state index contributed by atoms with van der Waals surface area (Å²) in [7, 11) is 2.12. The van der Waals surface area contributed by atoms with E-state index in [2.05, 4.69) is 68.4 Å². The molecule has 4 rings (SSSR count). The van der Waals surface area contributed by atoms with Gasteiger partial charge >= 0.3 is 0 Å². The molecule has 1 aliphatic heterocycles. The van der Waals surface area contributed by atoms with E-state index in [1.165, 1.54) is 16.8 Å². The summed E-state index contributed by atoms with van der Waals surface area (Å²) in [6.45, 7) is 8.64. The van der Waals surface area contributed by atoms with Crippen LogP contribution in [0.3, 0.4) is 0 Å². The fourth-order valence-electron chi connectivity index (χ4n) is 4.01. The van der Waals surface area contributed by atoms with Crippen LogP contribution in [0.1, 0.15) is 47.8 Å². The fraction of sp³-hybridized carbons (Fsp3) is 0.231. The Hall–Kier alpha value is -3.40. The van der Waals surface area contributed by atoms with Crippen molar-refractivity contribution < 1.29 is 4.79 Å². The average molecular weight is 398 g/mol. The van der Waals surface area contributed by atoms with Gasteiger partial charge in [-0.3, -0.25) is 4.79 Å². The highest BCUT2D eigenvalue weighted by Crippen LogP contribution is 2.38. The van der Waals surface area contributed by atoms with Gasteiger partial charge in [0.15, 0.2) is 0 Å². The summed E-state index contributed by atoms with van der Waals surface area (Å²) in [6, 6.07) is 18.0. The number of rotatable bonds is 3. The second-order valence-electron chi connectivity index (χ2n) is 8.53. The van der Waals surface area contributed by atoms with Crippen molar-refractivity contribution in [3.05, 3.63) is 82.9 Å². The predicted molar refractivity (Wildman–Crippen MR) is 126 cm³/mol. The average Bonchev–Trinajstić information content (AvgIpc) is 2.72. The second-order valence-corrected chi connectivity index (χ2v) is 8.53. The van der Waals surface area contributed by atoms with Crippen LogP contribution in [0.4, 0.5) is 5.69 Å². The number of fused-ring (bicyclic) bond motifs is 2. The minimum Gasteiger partial charge on any atom is -0.365 e. The number of hydrogen-bond acceptors (Lipinski definition) is 3. The van der Waals surface area contributed by atoms with E-state index in [0.29, 0.717) is 5.56 Å². The van der Waals surface area contributed by atoms with Gasteiger partial charge in [-0.2, -0.15) is 5.10 Å². The smallest absolute Gasteiger partial charge is 0.271 e. The third-order valence-electron chi connectivity index (χ3n) is 5.99. The van der Waals surface area contributed by atoms with E-state index in [0.717, 1.165) is 21.9 Å². The zero-order valence-electron chi connectivity index (χ0n) is 18.2. The van der Waals surface area contributed by atoms with Crippen LogP contribution >= 0.6 is 0 Å². The number of likely N-dealkylation sites (N-methyl/N-ethyl adjacent to an activating group) is 1. The molecule has 0 spiro atoms. The Bertz CT molecular complexity index is 1200. The molecule has 0 saturated heterocycles. The number of nitrogens with one attached hydrogen (secondary N) is 1. The first-order valence-corrected chi connectivity index (χ1v) is 10.2. The largest absolute Gasteiger partial charge is 0.365 e. The number of carbonyl (C=O) groups excluding carboxylic acids is 1. The number of hydrazone groups is 1. The van der Waals surface area contributed by atoms with Crippen molar-refractivity contribution in [3.63, 3.8) is 0 Å². The Kier molecular flexibility index (Phi) is 4.94. The second kappa shape index (κ2) is 7.45. The quantitative estimate of drug-likeness (QED) is 0.466. The Balaban J connectivity index is 1.55. The van der Waals surface area contributed by atoms with Crippen molar-refractivity contribution in [2.75, 3.05) is 11.9 Å². The summed E-state index contributed by atoms with van der Waals surface area (Å²) >= 11 is 0. The van der Waals surface area contributed by atoms with E-state index < -0.39 is 0 Å². The molecule has 1 amide bonds. The van der Waals surface area contributed by atoms with Crippen molar-refractivity contribution >= 4 is 34.2 Å². The third-order valence-corrected chi connectivity index (χ3v) is 5.99. The number of aryl methyl sites for hydroxylation is 1. The highest BCUT2D eigenvalue weighted by Gasteiger charge is 2.28. The number of allylic oxidation sites excluding steroid dienone is 1. The minimum atomic E-state index is -0.217. The molecule has 0 bridgehead atoms. The Labute approximate surface area is 177 Å². The highest BCUT2D eigenvalue weighted by molar-refractivity contribution is 5.99. The van der Waals surface area contributed by atoms with Gasteiger partial charge in [-0.05, 0) is 79.4 Å². The van der Waals surface area contributed by atoms with Crippen LogP contribution in [0.25, 0.3) is 16.3 Å². The van der Waals surface area contributed by atoms with E-state index in [4.69, 9.17) is 0 Å². The first-order chi connectivity index (χ1) is 14.3. The van der Waals surface area contributed by atoms with Crippen molar-refractivity contribution in [1.29, 1.82) is 0 Å². The van der Waals surface area contributed by atoms with Gasteiger partial charge in [0.2, 0.25) is 0 Å². The van der Waals surface area contributed by atoms with E-state index in [1.54, 1.807) is 6.21 Å². The zero-order valence-corrected chi connectivity index (χ0v) is 18.2. The molecule has 3 aromatic rings. The lowest BCUT2D eigenvalue weighted by atomic mass is 9.87. The molecular formula is C26H27N3O. The number of benzene rings is 3. The molecule has 3 aromatic carbocycles. The fourth-order valence-corrected chi connectivity index (χ4v) is 4.01. The summed E-state index contributed by atoms with van der Waals surface area (Å²) < 4.78 is 0. The van der Waals surface area contributed by atoms with Gasteiger partial charge in [0.25, 0.3) is 5.91 Å². The number of nitrogens with zero attached hydrogens (tertiary/aromatic N) is 2. The van der Waals surface area contributed by atoms with Crippen LogP contribution in [0.5, 0.6) is 0 Å². The Morgan fingerprint density at radius 1 is 1.03 bits per heavy atom. The van der Waals surface area contributed by atoms with Crippen molar-refractivity contribution in [1.82, 2.24) is 5.43 Å². The molecule has 4 heteroatoms. The van der Waals surface area contributed by atoms with E-state index in [1.807, 2.05) is 42.5 Å². The van der Waals surface area contributed by atoms with Crippen LogP contribution in [-0.4, -0.2) is 24.7 Å². The Morgan fingerprint density at radius 3 is 2.53 bits per heavy atom. The lowest BCUT2D eigenvalue weighted by Gasteiger charge is -2.41. The molecule has 0 fully saturated rings. The zero-order chi connectivity index (χ0) is 21.5. The van der Waals surface area contributed by atoms with Gasteiger partial charge in [-0.15, -0.1) is 0 Å². The Morgan fingerprint density at radius 2 is 1.77 bits per heavy atom. The molecule has 1 aliphatic rings. The molecule has 4 nitrogen and oxygen atoms in total. The summed E-state index contributed by atoms with van der Waals surface area (Å²) in [6.07, 6.45) is 4.01.